The van der Waals surface area contributed by atoms with Gasteiger partial charge in [0.15, 0.2) is 0 Å². The fourth-order valence-electron chi connectivity index (χ4n) is 2.05. The minimum Gasteiger partial charge on any atom is -0.481 e. The Bertz CT molecular complexity index is 304. The van der Waals surface area contributed by atoms with Crippen LogP contribution in [0.25, 0.3) is 0 Å². The van der Waals surface area contributed by atoms with Crippen LogP contribution in [0.1, 0.15) is 19.8 Å². The Kier molecular flexibility index (Phi) is 5.00. The van der Waals surface area contributed by atoms with E-state index < -0.39 is 11.9 Å². The van der Waals surface area contributed by atoms with Gasteiger partial charge in [-0.25, -0.2) is 4.79 Å². The lowest BCUT2D eigenvalue weighted by molar-refractivity contribution is -0.143. The summed E-state index contributed by atoms with van der Waals surface area (Å²) in [6.45, 7) is 7.60. The Hall–Kier alpha value is -1.52. The molecule has 1 rings (SSSR count). The third-order valence-electron chi connectivity index (χ3n) is 3.04. The van der Waals surface area contributed by atoms with Gasteiger partial charge >= 0.3 is 12.0 Å². The van der Waals surface area contributed by atoms with Gasteiger partial charge in [-0.15, -0.1) is 6.58 Å². The highest BCUT2D eigenvalue weighted by atomic mass is 16.4. The molecule has 0 aromatic carbocycles. The molecule has 1 aliphatic heterocycles. The Balaban J connectivity index is 2.61. The highest BCUT2D eigenvalue weighted by molar-refractivity contribution is 5.76. The van der Waals surface area contributed by atoms with Crippen LogP contribution in [0.15, 0.2) is 12.7 Å². The lowest BCUT2D eigenvalue weighted by atomic mass is 9.99. The van der Waals surface area contributed by atoms with Crippen LogP contribution in [0.5, 0.6) is 0 Å². The van der Waals surface area contributed by atoms with Gasteiger partial charge < -0.3 is 14.9 Å². The Morgan fingerprint density at radius 2 is 2.29 bits per heavy atom. The van der Waals surface area contributed by atoms with E-state index in [9.17, 15) is 9.59 Å². The number of aliphatic carboxylic acids is 1. The molecule has 1 atom stereocenters. The molecule has 1 aliphatic rings. The Morgan fingerprint density at radius 1 is 1.59 bits per heavy atom. The third-order valence-corrected chi connectivity index (χ3v) is 3.04. The molecule has 0 radical (unpaired) electrons. The number of carbonyl (C=O) groups excluding carboxylic acids is 1. The third kappa shape index (κ3) is 3.47. The van der Waals surface area contributed by atoms with Gasteiger partial charge in [0.25, 0.3) is 0 Å². The molecule has 17 heavy (non-hydrogen) atoms. The fraction of sp³-hybridized carbons (Fsp3) is 0.667. The Labute approximate surface area is 102 Å². The van der Waals surface area contributed by atoms with E-state index in [1.54, 1.807) is 15.9 Å². The van der Waals surface area contributed by atoms with Crippen molar-refractivity contribution in [3.05, 3.63) is 12.7 Å². The normalized spacial score (nSPS) is 19.8. The van der Waals surface area contributed by atoms with Crippen molar-refractivity contribution in [2.45, 2.75) is 19.8 Å². The maximum absolute atomic E-state index is 12.1. The second-order valence-electron chi connectivity index (χ2n) is 4.23. The van der Waals surface area contributed by atoms with Crippen molar-refractivity contribution in [3.63, 3.8) is 0 Å². The van der Waals surface area contributed by atoms with Gasteiger partial charge in [0.2, 0.25) is 0 Å². The van der Waals surface area contributed by atoms with Crippen molar-refractivity contribution >= 4 is 12.0 Å². The highest BCUT2D eigenvalue weighted by Crippen LogP contribution is 2.17. The van der Waals surface area contributed by atoms with Crippen LogP contribution < -0.4 is 0 Å². The molecule has 1 unspecified atom stereocenters. The number of rotatable bonds is 4. The predicted molar refractivity (Wildman–Crippen MR) is 64.8 cm³/mol. The SMILES string of the molecule is C=CCN(CC)C(=O)N1CCCC(C(=O)O)C1. The van der Waals surface area contributed by atoms with Crippen molar-refractivity contribution in [2.24, 2.45) is 5.92 Å². The van der Waals surface area contributed by atoms with Crippen molar-refractivity contribution in [3.8, 4) is 0 Å². The predicted octanol–water partition coefficient (Wildman–Crippen LogP) is 1.41. The molecule has 1 N–H and O–H groups in total. The zero-order valence-electron chi connectivity index (χ0n) is 10.3. The molecule has 0 spiro atoms. The van der Waals surface area contributed by atoms with E-state index in [1.165, 1.54) is 0 Å². The summed E-state index contributed by atoms with van der Waals surface area (Å²) < 4.78 is 0. The number of amides is 2. The minimum absolute atomic E-state index is 0.0849. The topological polar surface area (TPSA) is 60.9 Å². The molecule has 1 heterocycles. The highest BCUT2D eigenvalue weighted by Gasteiger charge is 2.29. The molecule has 0 aliphatic carbocycles. The van der Waals surface area contributed by atoms with Gasteiger partial charge in [-0.2, -0.15) is 0 Å². The van der Waals surface area contributed by atoms with Crippen LogP contribution in [0.4, 0.5) is 4.79 Å². The number of urea groups is 1. The molecule has 0 aromatic rings. The molecule has 5 nitrogen and oxygen atoms in total. The zero-order chi connectivity index (χ0) is 12.8. The van der Waals surface area contributed by atoms with Gasteiger partial charge in [-0.1, -0.05) is 6.08 Å². The summed E-state index contributed by atoms with van der Waals surface area (Å²) in [6, 6.07) is -0.0849. The first kappa shape index (κ1) is 13.5. The minimum atomic E-state index is -0.811. The molecule has 0 aromatic heterocycles. The standard InChI is InChI=1S/C12H20N2O3/c1-3-7-13(4-2)12(17)14-8-5-6-10(9-14)11(15)16/h3,10H,1,4-9H2,2H3,(H,15,16). The molecule has 0 bridgehead atoms. The number of carbonyl (C=O) groups is 2. The summed E-state index contributed by atoms with van der Waals surface area (Å²) in [5, 5.41) is 8.97. The second kappa shape index (κ2) is 6.27. The molecule has 1 saturated heterocycles. The number of hydrogen-bond donors (Lipinski definition) is 1. The number of likely N-dealkylation sites (tertiary alicyclic amines) is 1. The van der Waals surface area contributed by atoms with E-state index in [-0.39, 0.29) is 6.03 Å². The molecular weight excluding hydrogens is 220 g/mol. The number of hydrogen-bond acceptors (Lipinski definition) is 2. The van der Waals surface area contributed by atoms with Gasteiger partial charge in [-0.05, 0) is 19.8 Å². The van der Waals surface area contributed by atoms with Crippen LogP contribution in [0.2, 0.25) is 0 Å². The number of carboxylic acids is 1. The van der Waals surface area contributed by atoms with E-state index in [1.807, 2.05) is 6.92 Å². The van der Waals surface area contributed by atoms with Crippen molar-refractivity contribution < 1.29 is 14.7 Å². The average molecular weight is 240 g/mol. The van der Waals surface area contributed by atoms with E-state index in [0.29, 0.717) is 32.6 Å². The molecule has 2 amide bonds. The van der Waals surface area contributed by atoms with E-state index in [0.717, 1.165) is 6.42 Å². The summed E-state index contributed by atoms with van der Waals surface area (Å²) >= 11 is 0. The van der Waals surface area contributed by atoms with Gasteiger partial charge in [0, 0.05) is 26.2 Å². The Morgan fingerprint density at radius 3 is 2.82 bits per heavy atom. The van der Waals surface area contributed by atoms with Crippen molar-refractivity contribution in [1.29, 1.82) is 0 Å². The van der Waals surface area contributed by atoms with Crippen molar-refractivity contribution in [1.82, 2.24) is 9.80 Å². The van der Waals surface area contributed by atoms with Crippen LogP contribution in [0.3, 0.4) is 0 Å². The van der Waals surface area contributed by atoms with E-state index in [4.69, 9.17) is 5.11 Å². The van der Waals surface area contributed by atoms with Crippen LogP contribution in [-0.4, -0.2) is 53.1 Å². The monoisotopic (exact) mass is 240 g/mol. The zero-order valence-corrected chi connectivity index (χ0v) is 10.3. The summed E-state index contributed by atoms with van der Waals surface area (Å²) in [5.74, 6) is -1.23. The molecule has 96 valence electrons. The van der Waals surface area contributed by atoms with E-state index >= 15 is 0 Å². The number of carboxylic acid groups (broad SMARTS) is 1. The molecular formula is C12H20N2O3. The largest absolute Gasteiger partial charge is 0.481 e. The van der Waals surface area contributed by atoms with Crippen LogP contribution in [0, 0.1) is 5.92 Å². The van der Waals surface area contributed by atoms with E-state index in [2.05, 4.69) is 6.58 Å². The number of nitrogens with zero attached hydrogens (tertiary/aromatic N) is 2. The lowest BCUT2D eigenvalue weighted by Crippen LogP contribution is -2.48. The molecule has 0 saturated carbocycles. The van der Waals surface area contributed by atoms with Gasteiger partial charge in [0.05, 0.1) is 5.92 Å². The smallest absolute Gasteiger partial charge is 0.320 e. The maximum Gasteiger partial charge on any atom is 0.320 e. The summed E-state index contributed by atoms with van der Waals surface area (Å²) in [5.41, 5.74) is 0. The van der Waals surface area contributed by atoms with Crippen LogP contribution >= 0.6 is 0 Å². The first-order valence-corrected chi connectivity index (χ1v) is 5.97. The maximum atomic E-state index is 12.1. The second-order valence-corrected chi connectivity index (χ2v) is 4.23. The summed E-state index contributed by atoms with van der Waals surface area (Å²) in [7, 11) is 0. The first-order valence-electron chi connectivity index (χ1n) is 5.97. The number of piperidine rings is 1. The average Bonchev–Trinajstić information content (AvgIpc) is 2.35. The molecule has 5 heteroatoms. The molecule has 1 fully saturated rings. The van der Waals surface area contributed by atoms with Gasteiger partial charge in [-0.3, -0.25) is 4.79 Å². The fourth-order valence-corrected chi connectivity index (χ4v) is 2.05. The van der Waals surface area contributed by atoms with Crippen LogP contribution in [-0.2, 0) is 4.79 Å². The first-order chi connectivity index (χ1) is 8.10. The van der Waals surface area contributed by atoms with Crippen molar-refractivity contribution in [2.75, 3.05) is 26.2 Å². The quantitative estimate of drug-likeness (QED) is 0.756. The lowest BCUT2D eigenvalue weighted by Gasteiger charge is -2.34. The summed E-state index contributed by atoms with van der Waals surface area (Å²) in [6.07, 6.45) is 3.10. The summed E-state index contributed by atoms with van der Waals surface area (Å²) in [4.78, 5) is 26.3. The van der Waals surface area contributed by atoms with Gasteiger partial charge in [0.1, 0.15) is 0 Å². The number of likely N-dealkylation sites (N-methyl/N-ethyl adjacent to an activating group) is 1.